The first-order chi connectivity index (χ1) is 9.42. The second-order valence-electron chi connectivity index (χ2n) is 4.13. The zero-order valence-corrected chi connectivity index (χ0v) is 12.6. The second-order valence-corrected chi connectivity index (χ2v) is 6.31. The van der Waals surface area contributed by atoms with Crippen LogP contribution in [0.25, 0.3) is 0 Å². The van der Waals surface area contributed by atoms with Gasteiger partial charge in [0.15, 0.2) is 0 Å². The molecule has 0 spiro atoms. The fourth-order valence-electron chi connectivity index (χ4n) is 1.64. The molecule has 0 saturated carbocycles. The highest BCUT2D eigenvalue weighted by Crippen LogP contribution is 2.26. The predicted octanol–water partition coefficient (Wildman–Crippen LogP) is 2.73. The summed E-state index contributed by atoms with van der Waals surface area (Å²) in [5.74, 6) is 1.70. The van der Waals surface area contributed by atoms with E-state index in [-0.39, 0.29) is 16.5 Å². The average Bonchev–Trinajstić information content (AvgIpc) is 2.82. The Bertz CT molecular complexity index is 709. The minimum atomic E-state index is -3.65. The van der Waals surface area contributed by atoms with Crippen molar-refractivity contribution in [1.82, 2.24) is 4.72 Å². The van der Waals surface area contributed by atoms with Gasteiger partial charge >= 0.3 is 0 Å². The fourth-order valence-corrected chi connectivity index (χ4v) is 2.99. The molecule has 0 fully saturated rings. The van der Waals surface area contributed by atoms with Crippen molar-refractivity contribution in [3.05, 3.63) is 46.9 Å². The number of aryl methyl sites for hydroxylation is 1. The number of rotatable bonds is 5. The minimum absolute atomic E-state index is 0.0755. The number of methoxy groups -OCH3 is 1. The SMILES string of the molecule is COc1ccc(S(=O)(=O)NCc2ccc(C)o2)cc1Cl. The van der Waals surface area contributed by atoms with E-state index in [1.54, 1.807) is 19.1 Å². The van der Waals surface area contributed by atoms with E-state index in [1.165, 1.54) is 25.3 Å². The Balaban J connectivity index is 2.15. The Morgan fingerprint density at radius 2 is 2.05 bits per heavy atom. The topological polar surface area (TPSA) is 68.5 Å². The molecule has 5 nitrogen and oxygen atoms in total. The number of benzene rings is 1. The summed E-state index contributed by atoms with van der Waals surface area (Å²) in [6, 6.07) is 7.78. The van der Waals surface area contributed by atoms with Crippen LogP contribution in [-0.4, -0.2) is 15.5 Å². The summed E-state index contributed by atoms with van der Waals surface area (Å²) in [6.45, 7) is 1.88. The Labute approximate surface area is 122 Å². The Hall–Kier alpha value is -1.50. The van der Waals surface area contributed by atoms with Crippen LogP contribution >= 0.6 is 11.6 Å². The van der Waals surface area contributed by atoms with Crippen molar-refractivity contribution in [2.45, 2.75) is 18.4 Å². The normalized spacial score (nSPS) is 11.6. The molecule has 0 radical (unpaired) electrons. The molecule has 0 unspecified atom stereocenters. The van der Waals surface area contributed by atoms with Crippen LogP contribution in [0.15, 0.2) is 39.6 Å². The van der Waals surface area contributed by atoms with Crippen molar-refractivity contribution in [2.75, 3.05) is 7.11 Å². The van der Waals surface area contributed by atoms with E-state index in [0.717, 1.165) is 5.76 Å². The van der Waals surface area contributed by atoms with Crippen molar-refractivity contribution in [2.24, 2.45) is 0 Å². The number of hydrogen-bond acceptors (Lipinski definition) is 4. The lowest BCUT2D eigenvalue weighted by Crippen LogP contribution is -2.23. The van der Waals surface area contributed by atoms with Gasteiger partial charge in [-0.05, 0) is 37.3 Å². The summed E-state index contributed by atoms with van der Waals surface area (Å²) >= 11 is 5.92. The maximum atomic E-state index is 12.1. The zero-order chi connectivity index (χ0) is 14.8. The lowest BCUT2D eigenvalue weighted by atomic mass is 10.3. The molecular weight excluding hydrogens is 302 g/mol. The molecule has 108 valence electrons. The molecule has 1 aromatic carbocycles. The van der Waals surface area contributed by atoms with Crippen LogP contribution in [-0.2, 0) is 16.6 Å². The molecule has 1 heterocycles. The third kappa shape index (κ3) is 3.33. The van der Waals surface area contributed by atoms with Gasteiger partial charge in [-0.2, -0.15) is 0 Å². The van der Waals surface area contributed by atoms with E-state index in [9.17, 15) is 8.42 Å². The quantitative estimate of drug-likeness (QED) is 0.921. The molecule has 2 aromatic rings. The van der Waals surface area contributed by atoms with E-state index < -0.39 is 10.0 Å². The van der Waals surface area contributed by atoms with Gasteiger partial charge in [-0.15, -0.1) is 0 Å². The van der Waals surface area contributed by atoms with E-state index >= 15 is 0 Å². The Kier molecular flexibility index (Phi) is 4.37. The summed E-state index contributed by atoms with van der Waals surface area (Å²) in [5.41, 5.74) is 0. The van der Waals surface area contributed by atoms with Crippen LogP contribution in [0.2, 0.25) is 5.02 Å². The van der Waals surface area contributed by atoms with Crippen molar-refractivity contribution >= 4 is 21.6 Å². The molecule has 1 aromatic heterocycles. The van der Waals surface area contributed by atoms with E-state index in [0.29, 0.717) is 11.5 Å². The van der Waals surface area contributed by atoms with Gasteiger partial charge in [0.25, 0.3) is 0 Å². The largest absolute Gasteiger partial charge is 0.495 e. The summed E-state index contributed by atoms with van der Waals surface area (Å²) in [4.78, 5) is 0.0755. The van der Waals surface area contributed by atoms with E-state index in [2.05, 4.69) is 4.72 Å². The first-order valence-corrected chi connectivity index (χ1v) is 7.67. The van der Waals surface area contributed by atoms with Crippen molar-refractivity contribution in [3.63, 3.8) is 0 Å². The molecule has 0 aliphatic heterocycles. The summed E-state index contributed by atoms with van der Waals surface area (Å²) in [5, 5.41) is 0.240. The molecule has 0 bridgehead atoms. The van der Waals surface area contributed by atoms with Gasteiger partial charge in [0.05, 0.1) is 23.6 Å². The molecule has 20 heavy (non-hydrogen) atoms. The van der Waals surface area contributed by atoms with Crippen LogP contribution in [0.1, 0.15) is 11.5 Å². The van der Waals surface area contributed by atoms with Crippen LogP contribution in [0, 0.1) is 6.92 Å². The Morgan fingerprint density at radius 3 is 2.60 bits per heavy atom. The highest BCUT2D eigenvalue weighted by Gasteiger charge is 2.16. The second kappa shape index (κ2) is 5.87. The molecule has 0 saturated heterocycles. The van der Waals surface area contributed by atoms with Crippen LogP contribution in [0.3, 0.4) is 0 Å². The molecule has 0 atom stereocenters. The monoisotopic (exact) mass is 315 g/mol. The average molecular weight is 316 g/mol. The van der Waals surface area contributed by atoms with Crippen molar-refractivity contribution < 1.29 is 17.6 Å². The van der Waals surface area contributed by atoms with Crippen molar-refractivity contribution in [3.8, 4) is 5.75 Å². The third-order valence-electron chi connectivity index (χ3n) is 2.67. The van der Waals surface area contributed by atoms with Crippen LogP contribution in [0.5, 0.6) is 5.75 Å². The Morgan fingerprint density at radius 1 is 1.30 bits per heavy atom. The molecule has 2 rings (SSSR count). The van der Waals surface area contributed by atoms with Gasteiger partial charge in [-0.3, -0.25) is 0 Å². The van der Waals surface area contributed by atoms with E-state index in [4.69, 9.17) is 20.8 Å². The van der Waals surface area contributed by atoms with Crippen LogP contribution in [0.4, 0.5) is 0 Å². The highest BCUT2D eigenvalue weighted by atomic mass is 35.5. The molecule has 0 aliphatic rings. The molecule has 0 amide bonds. The number of hydrogen-bond donors (Lipinski definition) is 1. The van der Waals surface area contributed by atoms with Crippen molar-refractivity contribution in [1.29, 1.82) is 0 Å². The van der Waals surface area contributed by atoms with Gasteiger partial charge in [-0.25, -0.2) is 13.1 Å². The molecule has 0 aliphatic carbocycles. The standard InChI is InChI=1S/C13H14ClNO4S/c1-9-3-4-10(19-9)8-15-20(16,17)11-5-6-13(18-2)12(14)7-11/h3-7,15H,8H2,1-2H3. The lowest BCUT2D eigenvalue weighted by Gasteiger charge is -2.08. The first-order valence-electron chi connectivity index (χ1n) is 5.81. The molecule has 1 N–H and O–H groups in total. The lowest BCUT2D eigenvalue weighted by molar-refractivity contribution is 0.414. The third-order valence-corrected chi connectivity index (χ3v) is 4.36. The number of halogens is 1. The highest BCUT2D eigenvalue weighted by molar-refractivity contribution is 7.89. The number of nitrogens with one attached hydrogen (secondary N) is 1. The van der Waals surface area contributed by atoms with Gasteiger partial charge in [0.1, 0.15) is 17.3 Å². The van der Waals surface area contributed by atoms with Gasteiger partial charge < -0.3 is 9.15 Å². The van der Waals surface area contributed by atoms with Gasteiger partial charge in [-0.1, -0.05) is 11.6 Å². The predicted molar refractivity (Wildman–Crippen MR) is 75.5 cm³/mol. The summed E-state index contributed by atoms with van der Waals surface area (Å²) < 4.78 is 37.0. The first kappa shape index (κ1) is 14.9. The number of furan rings is 1. The number of ether oxygens (including phenoxy) is 1. The van der Waals surface area contributed by atoms with Gasteiger partial charge in [0.2, 0.25) is 10.0 Å². The van der Waals surface area contributed by atoms with Gasteiger partial charge in [0, 0.05) is 0 Å². The summed E-state index contributed by atoms with van der Waals surface area (Å²) in [6.07, 6.45) is 0. The number of sulfonamides is 1. The van der Waals surface area contributed by atoms with Crippen LogP contribution < -0.4 is 9.46 Å². The zero-order valence-electron chi connectivity index (χ0n) is 11.0. The summed E-state index contributed by atoms with van der Waals surface area (Å²) in [7, 11) is -2.18. The fraction of sp³-hybridized carbons (Fsp3) is 0.231. The molecular formula is C13H14ClNO4S. The minimum Gasteiger partial charge on any atom is -0.495 e. The van der Waals surface area contributed by atoms with E-state index in [1.807, 2.05) is 0 Å². The molecule has 7 heteroatoms. The smallest absolute Gasteiger partial charge is 0.241 e. The maximum absolute atomic E-state index is 12.1. The maximum Gasteiger partial charge on any atom is 0.241 e.